The molecule has 0 unspecified atom stereocenters. The van der Waals surface area contributed by atoms with Crippen LogP contribution in [0, 0.1) is 5.82 Å². The highest BCUT2D eigenvalue weighted by Crippen LogP contribution is 2.37. The van der Waals surface area contributed by atoms with Crippen LogP contribution in [0.4, 0.5) is 4.39 Å². The Morgan fingerprint density at radius 3 is 2.58 bits per heavy atom. The third-order valence-corrected chi connectivity index (χ3v) is 3.49. The van der Waals surface area contributed by atoms with E-state index in [1.807, 2.05) is 36.4 Å². The maximum Gasteiger partial charge on any atom is 0.170 e. The summed E-state index contributed by atoms with van der Waals surface area (Å²) in [7, 11) is 0. The fraction of sp³-hybridized carbons (Fsp3) is 0.0667. The second-order valence-corrected chi connectivity index (χ2v) is 5.15. The van der Waals surface area contributed by atoms with E-state index in [1.165, 1.54) is 6.07 Å². The number of hydrogen-bond acceptors (Lipinski definition) is 2. The predicted molar refractivity (Wildman–Crippen MR) is 77.2 cm³/mol. The summed E-state index contributed by atoms with van der Waals surface area (Å²) in [5.41, 5.74) is 7.80. The molecule has 2 N–H and O–H groups in total. The molecule has 0 fully saturated rings. The van der Waals surface area contributed by atoms with E-state index in [2.05, 4.69) is 15.9 Å². The zero-order valence-corrected chi connectivity index (χ0v) is 11.6. The van der Waals surface area contributed by atoms with E-state index >= 15 is 0 Å². The Balaban J connectivity index is 2.39. The van der Waals surface area contributed by atoms with Gasteiger partial charge in [0, 0.05) is 15.4 Å². The third-order valence-electron chi connectivity index (χ3n) is 3.03. The normalized spacial score (nSPS) is 11.1. The molecule has 0 aliphatic heterocycles. The highest BCUT2D eigenvalue weighted by molar-refractivity contribution is 9.10. The lowest BCUT2D eigenvalue weighted by molar-refractivity contribution is 0.522. The fourth-order valence-corrected chi connectivity index (χ4v) is 2.67. The number of nitrogens with two attached hydrogens (primary N) is 1. The van der Waals surface area contributed by atoms with Crippen molar-refractivity contribution in [2.75, 3.05) is 0 Å². The number of benzene rings is 2. The second kappa shape index (κ2) is 4.79. The van der Waals surface area contributed by atoms with Gasteiger partial charge < -0.3 is 10.2 Å². The molecule has 0 saturated heterocycles. The van der Waals surface area contributed by atoms with E-state index in [0.29, 0.717) is 10.2 Å². The van der Waals surface area contributed by atoms with Crippen molar-refractivity contribution in [3.63, 3.8) is 0 Å². The summed E-state index contributed by atoms with van der Waals surface area (Å²) in [4.78, 5) is 0. The van der Waals surface area contributed by atoms with E-state index in [0.717, 1.165) is 16.5 Å². The van der Waals surface area contributed by atoms with Crippen LogP contribution in [0.15, 0.2) is 51.4 Å². The highest BCUT2D eigenvalue weighted by atomic mass is 79.9. The Morgan fingerprint density at radius 1 is 1.16 bits per heavy atom. The van der Waals surface area contributed by atoms with Gasteiger partial charge in [-0.3, -0.25) is 0 Å². The Hall–Kier alpha value is -1.65. The molecule has 0 atom stereocenters. The van der Waals surface area contributed by atoms with Crippen LogP contribution in [-0.2, 0) is 6.54 Å². The summed E-state index contributed by atoms with van der Waals surface area (Å²) in [6, 6.07) is 13.0. The first-order valence-corrected chi connectivity index (χ1v) is 6.66. The van der Waals surface area contributed by atoms with E-state index in [9.17, 15) is 4.39 Å². The molecular weight excluding hydrogens is 309 g/mol. The third kappa shape index (κ3) is 2.07. The average Bonchev–Trinajstić information content (AvgIpc) is 2.78. The topological polar surface area (TPSA) is 39.2 Å². The van der Waals surface area contributed by atoms with Crippen LogP contribution >= 0.6 is 15.9 Å². The van der Waals surface area contributed by atoms with Crippen molar-refractivity contribution in [2.45, 2.75) is 6.54 Å². The van der Waals surface area contributed by atoms with Crippen molar-refractivity contribution >= 4 is 26.9 Å². The molecule has 0 spiro atoms. The van der Waals surface area contributed by atoms with E-state index < -0.39 is 0 Å². The van der Waals surface area contributed by atoms with Crippen LogP contribution in [0.25, 0.3) is 22.1 Å². The summed E-state index contributed by atoms with van der Waals surface area (Å²) in [5.74, 6) is 0.208. The minimum Gasteiger partial charge on any atom is -0.456 e. The molecule has 0 aliphatic rings. The maximum atomic E-state index is 13.9. The first kappa shape index (κ1) is 12.4. The van der Waals surface area contributed by atoms with Crippen molar-refractivity contribution in [3.05, 3.63) is 58.5 Å². The molecule has 0 bridgehead atoms. The number of hydrogen-bond donors (Lipinski definition) is 1. The van der Waals surface area contributed by atoms with Crippen molar-refractivity contribution in [1.82, 2.24) is 0 Å². The van der Waals surface area contributed by atoms with Crippen LogP contribution in [-0.4, -0.2) is 0 Å². The molecule has 3 aromatic rings. The molecule has 3 rings (SSSR count). The van der Waals surface area contributed by atoms with Crippen molar-refractivity contribution in [3.8, 4) is 11.1 Å². The molecule has 4 heteroatoms. The molecule has 0 aliphatic carbocycles. The zero-order chi connectivity index (χ0) is 13.4. The Bertz CT molecular complexity index is 737. The summed E-state index contributed by atoms with van der Waals surface area (Å²) in [6.07, 6.45) is 0. The highest BCUT2D eigenvalue weighted by Gasteiger charge is 2.18. The number of rotatable bonds is 2. The smallest absolute Gasteiger partial charge is 0.170 e. The second-order valence-electron chi connectivity index (χ2n) is 4.23. The molecule has 1 aromatic heterocycles. The van der Waals surface area contributed by atoms with Crippen LogP contribution in [0.1, 0.15) is 5.76 Å². The van der Waals surface area contributed by atoms with Crippen molar-refractivity contribution in [2.24, 2.45) is 5.73 Å². The van der Waals surface area contributed by atoms with Gasteiger partial charge in [-0.25, -0.2) is 4.39 Å². The van der Waals surface area contributed by atoms with Crippen molar-refractivity contribution in [1.29, 1.82) is 0 Å². The summed E-state index contributed by atoms with van der Waals surface area (Å²) in [5, 5.41) is 0.735. The standard InChI is InChI=1S/C15H11BrFNO/c16-10-6-11-14(9-4-2-1-3-5-9)13(8-18)19-15(11)12(17)7-10/h1-7H,8,18H2. The number of fused-ring (bicyclic) bond motifs is 1. The van der Waals surface area contributed by atoms with Gasteiger partial charge in [0.15, 0.2) is 11.4 Å². The lowest BCUT2D eigenvalue weighted by atomic mass is 10.0. The lowest BCUT2D eigenvalue weighted by Gasteiger charge is -2.01. The van der Waals surface area contributed by atoms with Crippen LogP contribution in [0.2, 0.25) is 0 Å². The summed E-state index contributed by atoms with van der Waals surface area (Å²) in [6.45, 7) is 0.232. The molecule has 0 amide bonds. The van der Waals surface area contributed by atoms with E-state index in [4.69, 9.17) is 10.2 Å². The minimum atomic E-state index is -0.388. The lowest BCUT2D eigenvalue weighted by Crippen LogP contribution is -1.95. The molecule has 2 nitrogen and oxygen atoms in total. The van der Waals surface area contributed by atoms with Gasteiger partial charge in [-0.05, 0) is 17.7 Å². The van der Waals surface area contributed by atoms with Gasteiger partial charge in [-0.2, -0.15) is 0 Å². The zero-order valence-electron chi connectivity index (χ0n) is 9.99. The molecule has 1 heterocycles. The van der Waals surface area contributed by atoms with Gasteiger partial charge >= 0.3 is 0 Å². The van der Waals surface area contributed by atoms with Gasteiger partial charge in [0.25, 0.3) is 0 Å². The summed E-state index contributed by atoms with van der Waals surface area (Å²) >= 11 is 3.31. The quantitative estimate of drug-likeness (QED) is 0.757. The predicted octanol–water partition coefficient (Wildman–Crippen LogP) is 4.46. The fourth-order valence-electron chi connectivity index (χ4n) is 2.24. The van der Waals surface area contributed by atoms with Crippen LogP contribution in [0.5, 0.6) is 0 Å². The molecular formula is C15H11BrFNO. The molecule has 0 saturated carbocycles. The first-order chi connectivity index (χ1) is 9.20. The van der Waals surface area contributed by atoms with Gasteiger partial charge in [0.2, 0.25) is 0 Å². The van der Waals surface area contributed by atoms with Crippen LogP contribution in [0.3, 0.4) is 0 Å². The number of halogens is 2. The van der Waals surface area contributed by atoms with Gasteiger partial charge in [-0.15, -0.1) is 0 Å². The maximum absolute atomic E-state index is 13.9. The van der Waals surface area contributed by atoms with Gasteiger partial charge in [-0.1, -0.05) is 46.3 Å². The van der Waals surface area contributed by atoms with Crippen LogP contribution < -0.4 is 5.73 Å². The van der Waals surface area contributed by atoms with Gasteiger partial charge in [0.1, 0.15) is 5.76 Å². The Morgan fingerprint density at radius 2 is 1.89 bits per heavy atom. The van der Waals surface area contributed by atoms with Crippen molar-refractivity contribution < 1.29 is 8.81 Å². The molecule has 19 heavy (non-hydrogen) atoms. The van der Waals surface area contributed by atoms with E-state index in [1.54, 1.807) is 0 Å². The van der Waals surface area contributed by atoms with Gasteiger partial charge in [0.05, 0.1) is 6.54 Å². The molecule has 96 valence electrons. The Labute approximate surface area is 118 Å². The average molecular weight is 320 g/mol. The monoisotopic (exact) mass is 319 g/mol. The largest absolute Gasteiger partial charge is 0.456 e. The first-order valence-electron chi connectivity index (χ1n) is 5.86. The number of furan rings is 1. The molecule has 2 aromatic carbocycles. The van der Waals surface area contributed by atoms with E-state index in [-0.39, 0.29) is 17.9 Å². The minimum absolute atomic E-state index is 0.232. The molecule has 0 radical (unpaired) electrons. The summed E-state index contributed by atoms with van der Waals surface area (Å²) < 4.78 is 20.2. The Kier molecular flexibility index (Phi) is 3.12. The SMILES string of the molecule is NCc1oc2c(F)cc(Br)cc2c1-c1ccccc1.